The van der Waals surface area contributed by atoms with Crippen LogP contribution in [0.2, 0.25) is 5.02 Å². The third kappa shape index (κ3) is 3.87. The number of fused-ring (bicyclic) bond motifs is 1. The first-order valence-corrected chi connectivity index (χ1v) is 12.0. The highest BCUT2D eigenvalue weighted by Crippen LogP contribution is 2.32. The Kier molecular flexibility index (Phi) is 5.67. The summed E-state index contributed by atoms with van der Waals surface area (Å²) < 4.78 is 28.4. The summed E-state index contributed by atoms with van der Waals surface area (Å²) in [5, 5.41) is 11.9. The fraction of sp³-hybridized carbons (Fsp3) is 0.316. The molecule has 0 atom stereocenters. The third-order valence-corrected chi connectivity index (χ3v) is 8.40. The maximum Gasteiger partial charge on any atom is 0.289 e. The molecule has 8 nitrogen and oxygen atoms in total. The molecular formula is C19H19ClN4O4S2. The maximum absolute atomic E-state index is 13.0. The molecule has 0 bridgehead atoms. The fourth-order valence-electron chi connectivity index (χ4n) is 3.37. The van der Waals surface area contributed by atoms with E-state index in [1.165, 1.54) is 22.0 Å². The first-order chi connectivity index (χ1) is 14.3. The van der Waals surface area contributed by atoms with Crippen LogP contribution in [0.5, 0.6) is 0 Å². The molecule has 2 aromatic carbocycles. The topological polar surface area (TPSA) is 96.7 Å². The van der Waals surface area contributed by atoms with Crippen molar-refractivity contribution in [3.05, 3.63) is 57.1 Å². The van der Waals surface area contributed by atoms with Gasteiger partial charge in [0.25, 0.3) is 5.69 Å². The quantitative estimate of drug-likeness (QED) is 0.417. The van der Waals surface area contributed by atoms with E-state index in [-0.39, 0.29) is 23.0 Å². The van der Waals surface area contributed by atoms with Crippen molar-refractivity contribution in [1.29, 1.82) is 0 Å². The number of hydrogen-bond acceptors (Lipinski definition) is 7. The van der Waals surface area contributed by atoms with Crippen LogP contribution >= 0.6 is 22.9 Å². The second kappa shape index (κ2) is 8.10. The molecule has 158 valence electrons. The summed E-state index contributed by atoms with van der Waals surface area (Å²) in [6.45, 7) is 3.65. The minimum atomic E-state index is -3.85. The van der Waals surface area contributed by atoms with Crippen molar-refractivity contribution in [2.24, 2.45) is 0 Å². The van der Waals surface area contributed by atoms with E-state index in [0.29, 0.717) is 13.1 Å². The Morgan fingerprint density at radius 3 is 2.57 bits per heavy atom. The molecule has 1 aliphatic rings. The van der Waals surface area contributed by atoms with Crippen molar-refractivity contribution in [1.82, 2.24) is 9.29 Å². The summed E-state index contributed by atoms with van der Waals surface area (Å²) in [5.41, 5.74) is 1.78. The van der Waals surface area contributed by atoms with Gasteiger partial charge in [-0.1, -0.05) is 35.9 Å². The Bertz CT molecular complexity index is 1220. The molecule has 11 heteroatoms. The maximum atomic E-state index is 13.0. The number of nitro groups is 1. The molecule has 4 rings (SSSR count). The number of nitrogens with zero attached hydrogens (tertiary/aromatic N) is 4. The number of sulfonamides is 1. The molecule has 1 aromatic heterocycles. The van der Waals surface area contributed by atoms with Gasteiger partial charge in [0.1, 0.15) is 5.02 Å². The molecule has 1 fully saturated rings. The van der Waals surface area contributed by atoms with E-state index in [0.717, 1.165) is 27.8 Å². The minimum absolute atomic E-state index is 0.0918. The van der Waals surface area contributed by atoms with Crippen LogP contribution in [0.15, 0.2) is 41.3 Å². The van der Waals surface area contributed by atoms with Gasteiger partial charge in [0, 0.05) is 32.2 Å². The Morgan fingerprint density at radius 1 is 1.17 bits per heavy atom. The summed E-state index contributed by atoms with van der Waals surface area (Å²) in [6, 6.07) is 9.79. The van der Waals surface area contributed by atoms with Crippen molar-refractivity contribution >= 4 is 54.0 Å². The van der Waals surface area contributed by atoms with Gasteiger partial charge >= 0.3 is 0 Å². The van der Waals surface area contributed by atoms with Crippen LogP contribution in [0.4, 0.5) is 10.8 Å². The van der Waals surface area contributed by atoms with Crippen LogP contribution in [0, 0.1) is 10.1 Å². The third-order valence-electron chi connectivity index (χ3n) is 5.11. The van der Waals surface area contributed by atoms with Crippen LogP contribution in [0.25, 0.3) is 10.2 Å². The van der Waals surface area contributed by atoms with Gasteiger partial charge < -0.3 is 4.90 Å². The van der Waals surface area contributed by atoms with Gasteiger partial charge in [0.05, 0.1) is 20.0 Å². The standard InChI is InChI=1S/C19H19ClN4O4S2/c1-2-13-3-6-16-18(11-13)29-19(21-16)22-7-9-23(10-8-22)30(27,28)14-4-5-15(20)17(12-14)24(25)26/h3-6,11-12H,2,7-10H2,1H3. The Hall–Kier alpha value is -2.27. The molecule has 1 aliphatic heterocycles. The first kappa shape index (κ1) is 21.0. The van der Waals surface area contributed by atoms with Crippen LogP contribution < -0.4 is 4.90 Å². The van der Waals surface area contributed by atoms with Gasteiger partial charge in [-0.15, -0.1) is 0 Å². The van der Waals surface area contributed by atoms with Crippen molar-refractivity contribution < 1.29 is 13.3 Å². The predicted molar refractivity (Wildman–Crippen MR) is 118 cm³/mol. The molecule has 1 saturated heterocycles. The second-order valence-corrected chi connectivity index (χ2v) is 10.3. The number of halogens is 1. The molecule has 0 radical (unpaired) electrons. The summed E-state index contributed by atoms with van der Waals surface area (Å²) in [7, 11) is -3.85. The molecule has 0 aliphatic carbocycles. The largest absolute Gasteiger partial charge is 0.345 e. The molecule has 0 N–H and O–H groups in total. The van der Waals surface area contributed by atoms with Crippen molar-refractivity contribution in [3.63, 3.8) is 0 Å². The summed E-state index contributed by atoms with van der Waals surface area (Å²) in [4.78, 5) is 17.0. The normalized spacial score (nSPS) is 15.6. The monoisotopic (exact) mass is 466 g/mol. The average molecular weight is 467 g/mol. The average Bonchev–Trinajstić information content (AvgIpc) is 3.17. The van der Waals surface area contributed by atoms with Crippen LogP contribution in [-0.2, 0) is 16.4 Å². The number of benzene rings is 2. The number of piperazine rings is 1. The van der Waals surface area contributed by atoms with Gasteiger partial charge in [-0.25, -0.2) is 13.4 Å². The zero-order chi connectivity index (χ0) is 21.5. The fourth-order valence-corrected chi connectivity index (χ4v) is 6.08. The molecule has 0 unspecified atom stereocenters. The van der Waals surface area contributed by atoms with E-state index >= 15 is 0 Å². The summed E-state index contributed by atoms with van der Waals surface area (Å²) >= 11 is 7.41. The lowest BCUT2D eigenvalue weighted by atomic mass is 10.2. The first-order valence-electron chi connectivity index (χ1n) is 9.38. The van der Waals surface area contributed by atoms with Gasteiger partial charge in [-0.2, -0.15) is 4.31 Å². The molecular weight excluding hydrogens is 448 g/mol. The van der Waals surface area contributed by atoms with E-state index < -0.39 is 20.6 Å². The zero-order valence-electron chi connectivity index (χ0n) is 16.1. The Morgan fingerprint density at radius 2 is 1.90 bits per heavy atom. The lowest BCUT2D eigenvalue weighted by Crippen LogP contribution is -2.48. The van der Waals surface area contributed by atoms with E-state index in [1.807, 2.05) is 6.07 Å². The number of aromatic nitrogens is 1. The Labute approximate surface area is 182 Å². The highest BCUT2D eigenvalue weighted by atomic mass is 35.5. The number of hydrogen-bond donors (Lipinski definition) is 0. The lowest BCUT2D eigenvalue weighted by molar-refractivity contribution is -0.384. The van der Waals surface area contributed by atoms with Crippen molar-refractivity contribution in [3.8, 4) is 0 Å². The van der Waals surface area contributed by atoms with Crippen molar-refractivity contribution in [2.75, 3.05) is 31.1 Å². The van der Waals surface area contributed by atoms with Crippen LogP contribution in [0.3, 0.4) is 0 Å². The molecule has 0 saturated carbocycles. The van der Waals surface area contributed by atoms with Crippen LogP contribution in [0.1, 0.15) is 12.5 Å². The molecule has 30 heavy (non-hydrogen) atoms. The number of nitro benzene ring substituents is 1. The second-order valence-electron chi connectivity index (χ2n) is 6.91. The van der Waals surface area contributed by atoms with E-state index in [1.54, 1.807) is 11.3 Å². The van der Waals surface area contributed by atoms with Gasteiger partial charge in [-0.05, 0) is 36.2 Å². The summed E-state index contributed by atoms with van der Waals surface area (Å²) in [6.07, 6.45) is 0.961. The molecule has 2 heterocycles. The molecule has 0 amide bonds. The lowest BCUT2D eigenvalue weighted by Gasteiger charge is -2.33. The van der Waals surface area contributed by atoms with Crippen LogP contribution in [-0.4, -0.2) is 48.8 Å². The van der Waals surface area contributed by atoms with Crippen molar-refractivity contribution in [2.45, 2.75) is 18.2 Å². The van der Waals surface area contributed by atoms with E-state index in [4.69, 9.17) is 11.6 Å². The van der Waals surface area contributed by atoms with E-state index in [2.05, 4.69) is 28.9 Å². The molecule has 0 spiro atoms. The smallest absolute Gasteiger partial charge is 0.289 e. The predicted octanol–water partition coefficient (Wildman–Crippen LogP) is 3.93. The minimum Gasteiger partial charge on any atom is -0.345 e. The number of thiazole rings is 1. The number of aryl methyl sites for hydroxylation is 1. The SMILES string of the molecule is CCc1ccc2nc(N3CCN(S(=O)(=O)c4ccc(Cl)c([N+](=O)[O-])c4)CC3)sc2c1. The zero-order valence-corrected chi connectivity index (χ0v) is 18.5. The number of rotatable bonds is 5. The highest BCUT2D eigenvalue weighted by molar-refractivity contribution is 7.89. The Balaban J connectivity index is 1.51. The number of anilines is 1. The van der Waals surface area contributed by atoms with Gasteiger partial charge in [-0.3, -0.25) is 10.1 Å². The van der Waals surface area contributed by atoms with Gasteiger partial charge in [0.15, 0.2) is 5.13 Å². The highest BCUT2D eigenvalue weighted by Gasteiger charge is 2.31. The molecule has 3 aromatic rings. The summed E-state index contributed by atoms with van der Waals surface area (Å²) in [5.74, 6) is 0. The van der Waals surface area contributed by atoms with Gasteiger partial charge in [0.2, 0.25) is 10.0 Å². The van der Waals surface area contributed by atoms with E-state index in [9.17, 15) is 18.5 Å².